The molecule has 1 N–H and O–H groups in total. The van der Waals surface area contributed by atoms with Crippen molar-refractivity contribution in [2.75, 3.05) is 19.6 Å². The average Bonchev–Trinajstić information content (AvgIpc) is 2.80. The van der Waals surface area contributed by atoms with Gasteiger partial charge in [0, 0.05) is 32.4 Å². The van der Waals surface area contributed by atoms with Gasteiger partial charge in [-0.05, 0) is 25.8 Å². The lowest BCUT2D eigenvalue weighted by molar-refractivity contribution is 0.204. The van der Waals surface area contributed by atoms with E-state index in [1.165, 1.54) is 0 Å². The molecular formula is C14H26N4O2S. The molecule has 0 radical (unpaired) electrons. The third kappa shape index (κ3) is 3.30. The van der Waals surface area contributed by atoms with Gasteiger partial charge in [0.2, 0.25) is 0 Å². The monoisotopic (exact) mass is 314 g/mol. The molecule has 7 heteroatoms. The summed E-state index contributed by atoms with van der Waals surface area (Å²) in [6, 6.07) is 0.414. The molecule has 1 aliphatic heterocycles. The van der Waals surface area contributed by atoms with Crippen LogP contribution in [0.15, 0.2) is 11.2 Å². The Morgan fingerprint density at radius 2 is 2.14 bits per heavy atom. The standard InChI is InChI=1S/C14H26N4O2S/c1-5-12-9-18(8-7-13(12)15-6-2)21(19,20)14-10-17(4)11(3)16-14/h10,12-13,15H,5-9H2,1-4H3. The molecule has 0 aromatic carbocycles. The minimum atomic E-state index is -3.47. The molecule has 21 heavy (non-hydrogen) atoms. The molecule has 0 aliphatic carbocycles. The Hall–Kier alpha value is -0.920. The molecule has 2 rings (SSSR count). The molecule has 6 nitrogen and oxygen atoms in total. The van der Waals surface area contributed by atoms with Crippen LogP contribution in [0.5, 0.6) is 0 Å². The summed E-state index contributed by atoms with van der Waals surface area (Å²) >= 11 is 0. The van der Waals surface area contributed by atoms with E-state index in [2.05, 4.69) is 24.1 Å². The summed E-state index contributed by atoms with van der Waals surface area (Å²) in [5.74, 6) is 1.07. The Bertz CT molecular complexity index is 562. The van der Waals surface area contributed by atoms with E-state index in [0.717, 1.165) is 19.4 Å². The van der Waals surface area contributed by atoms with E-state index < -0.39 is 10.0 Å². The summed E-state index contributed by atoms with van der Waals surface area (Å²) in [7, 11) is -1.66. The van der Waals surface area contributed by atoms with Gasteiger partial charge in [0.25, 0.3) is 10.0 Å². The number of nitrogens with one attached hydrogen (secondary N) is 1. The summed E-state index contributed by atoms with van der Waals surface area (Å²) < 4.78 is 28.8. The number of nitrogens with zero attached hydrogens (tertiary/aromatic N) is 3. The second-order valence-corrected chi connectivity index (χ2v) is 7.61. The zero-order chi connectivity index (χ0) is 15.6. The van der Waals surface area contributed by atoms with E-state index in [0.29, 0.717) is 30.9 Å². The summed E-state index contributed by atoms with van der Waals surface area (Å²) in [6.07, 6.45) is 3.43. The summed E-state index contributed by atoms with van der Waals surface area (Å²) in [5.41, 5.74) is 0. The predicted molar refractivity (Wildman–Crippen MR) is 82.6 cm³/mol. The van der Waals surface area contributed by atoms with Gasteiger partial charge >= 0.3 is 0 Å². The van der Waals surface area contributed by atoms with Gasteiger partial charge in [-0.15, -0.1) is 0 Å². The smallest absolute Gasteiger partial charge is 0.262 e. The molecule has 2 unspecified atom stereocenters. The SMILES string of the molecule is CCNC1CCN(S(=O)(=O)c2cn(C)c(C)n2)CC1CC. The fraction of sp³-hybridized carbons (Fsp3) is 0.786. The number of sulfonamides is 1. The van der Waals surface area contributed by atoms with E-state index in [1.54, 1.807) is 15.1 Å². The van der Waals surface area contributed by atoms with Crippen LogP contribution in [-0.2, 0) is 17.1 Å². The van der Waals surface area contributed by atoms with E-state index in [1.807, 2.05) is 14.0 Å². The van der Waals surface area contributed by atoms with E-state index in [-0.39, 0.29) is 5.03 Å². The highest BCUT2D eigenvalue weighted by molar-refractivity contribution is 7.89. The van der Waals surface area contributed by atoms with Crippen LogP contribution in [-0.4, -0.2) is 48.0 Å². The van der Waals surface area contributed by atoms with E-state index in [9.17, 15) is 8.42 Å². The molecule has 1 saturated heterocycles. The highest BCUT2D eigenvalue weighted by Crippen LogP contribution is 2.25. The molecule has 1 fully saturated rings. The number of hydrogen-bond donors (Lipinski definition) is 1. The third-order valence-corrected chi connectivity index (χ3v) is 6.11. The van der Waals surface area contributed by atoms with Crippen molar-refractivity contribution in [3.05, 3.63) is 12.0 Å². The van der Waals surface area contributed by atoms with Gasteiger partial charge in [0.15, 0.2) is 5.03 Å². The van der Waals surface area contributed by atoms with Crippen LogP contribution in [0.3, 0.4) is 0 Å². The molecule has 1 aliphatic rings. The van der Waals surface area contributed by atoms with Crippen molar-refractivity contribution >= 4 is 10.0 Å². The lowest BCUT2D eigenvalue weighted by Gasteiger charge is -2.37. The van der Waals surface area contributed by atoms with E-state index in [4.69, 9.17) is 0 Å². The van der Waals surface area contributed by atoms with Crippen molar-refractivity contribution in [1.29, 1.82) is 0 Å². The molecule has 2 atom stereocenters. The van der Waals surface area contributed by atoms with Crippen molar-refractivity contribution in [2.24, 2.45) is 13.0 Å². The Balaban J connectivity index is 2.18. The Labute approximate surface area is 127 Å². The quantitative estimate of drug-likeness (QED) is 0.884. The maximum atomic E-state index is 12.7. The summed E-state index contributed by atoms with van der Waals surface area (Å²) in [6.45, 7) is 8.08. The molecule has 0 amide bonds. The van der Waals surface area contributed by atoms with Crippen LogP contribution in [0.2, 0.25) is 0 Å². The number of aromatic nitrogens is 2. The zero-order valence-corrected chi connectivity index (χ0v) is 14.2. The largest absolute Gasteiger partial charge is 0.337 e. The first-order chi connectivity index (χ1) is 9.90. The second-order valence-electron chi connectivity index (χ2n) is 5.72. The van der Waals surface area contributed by atoms with Crippen molar-refractivity contribution < 1.29 is 8.42 Å². The molecule has 120 valence electrons. The topological polar surface area (TPSA) is 67.2 Å². The maximum Gasteiger partial charge on any atom is 0.262 e. The zero-order valence-electron chi connectivity index (χ0n) is 13.3. The molecule has 1 aromatic rings. The Morgan fingerprint density at radius 3 is 2.67 bits per heavy atom. The molecule has 0 saturated carbocycles. The predicted octanol–water partition coefficient (Wildman–Crippen LogP) is 1.13. The van der Waals surface area contributed by atoms with Crippen molar-refractivity contribution in [3.63, 3.8) is 0 Å². The summed E-state index contributed by atoms with van der Waals surface area (Å²) in [5, 5.41) is 3.64. The number of aryl methyl sites for hydroxylation is 2. The van der Waals surface area contributed by atoms with Crippen LogP contribution in [0, 0.1) is 12.8 Å². The highest BCUT2D eigenvalue weighted by atomic mass is 32.2. The average molecular weight is 314 g/mol. The molecule has 1 aromatic heterocycles. The first kappa shape index (κ1) is 16.5. The van der Waals surface area contributed by atoms with Crippen LogP contribution in [0.1, 0.15) is 32.5 Å². The molecule has 0 spiro atoms. The van der Waals surface area contributed by atoms with Crippen molar-refractivity contribution in [2.45, 2.75) is 44.7 Å². The lowest BCUT2D eigenvalue weighted by atomic mass is 9.91. The second kappa shape index (κ2) is 6.46. The van der Waals surface area contributed by atoms with Gasteiger partial charge < -0.3 is 9.88 Å². The lowest BCUT2D eigenvalue weighted by Crippen LogP contribution is -2.50. The van der Waals surface area contributed by atoms with Gasteiger partial charge in [-0.3, -0.25) is 0 Å². The van der Waals surface area contributed by atoms with Crippen molar-refractivity contribution in [3.8, 4) is 0 Å². The highest BCUT2D eigenvalue weighted by Gasteiger charge is 2.35. The first-order valence-corrected chi connectivity index (χ1v) is 9.07. The van der Waals surface area contributed by atoms with Crippen molar-refractivity contribution in [1.82, 2.24) is 19.2 Å². The van der Waals surface area contributed by atoms with E-state index >= 15 is 0 Å². The number of imidazole rings is 1. The fourth-order valence-corrected chi connectivity index (χ4v) is 4.48. The number of hydrogen-bond acceptors (Lipinski definition) is 4. The molecule has 2 heterocycles. The number of rotatable bonds is 5. The van der Waals surface area contributed by atoms with Crippen LogP contribution in [0.4, 0.5) is 0 Å². The normalized spacial score (nSPS) is 24.4. The van der Waals surface area contributed by atoms with Crippen LogP contribution < -0.4 is 5.32 Å². The van der Waals surface area contributed by atoms with Gasteiger partial charge in [0.1, 0.15) is 5.82 Å². The maximum absolute atomic E-state index is 12.7. The third-order valence-electron chi connectivity index (χ3n) is 4.38. The molecular weight excluding hydrogens is 288 g/mol. The van der Waals surface area contributed by atoms with Crippen LogP contribution >= 0.6 is 0 Å². The van der Waals surface area contributed by atoms with Gasteiger partial charge in [-0.25, -0.2) is 13.4 Å². The van der Waals surface area contributed by atoms with Gasteiger partial charge in [-0.1, -0.05) is 20.3 Å². The fourth-order valence-electron chi connectivity index (χ4n) is 2.94. The van der Waals surface area contributed by atoms with Crippen LogP contribution in [0.25, 0.3) is 0 Å². The Kier molecular flexibility index (Phi) is 5.06. The minimum absolute atomic E-state index is 0.166. The molecule has 0 bridgehead atoms. The summed E-state index contributed by atoms with van der Waals surface area (Å²) in [4.78, 5) is 4.18. The number of piperidine rings is 1. The first-order valence-electron chi connectivity index (χ1n) is 7.63. The Morgan fingerprint density at radius 1 is 1.43 bits per heavy atom. The van der Waals surface area contributed by atoms with Gasteiger partial charge in [0.05, 0.1) is 0 Å². The minimum Gasteiger partial charge on any atom is -0.337 e. The van der Waals surface area contributed by atoms with Gasteiger partial charge in [-0.2, -0.15) is 4.31 Å².